The van der Waals surface area contributed by atoms with Crippen molar-refractivity contribution >= 4 is 11.9 Å². The highest BCUT2D eigenvalue weighted by Gasteiger charge is 2.20. The van der Waals surface area contributed by atoms with Gasteiger partial charge in [0, 0.05) is 12.8 Å². The average Bonchev–Trinajstić information content (AvgIpc) is 3.32. The van der Waals surface area contributed by atoms with Crippen LogP contribution in [0.1, 0.15) is 335 Å². The molecule has 0 aromatic heterocycles. The number of unbranched alkanes of at least 4 members (excludes halogenated alkanes) is 43. The van der Waals surface area contributed by atoms with E-state index in [-0.39, 0.29) is 18.5 Å². The molecular formula is C60H117NO5. The normalized spacial score (nSPS) is 12.6. The lowest BCUT2D eigenvalue weighted by molar-refractivity contribution is -0.143. The van der Waals surface area contributed by atoms with Crippen LogP contribution in [0.2, 0.25) is 0 Å². The number of hydrogen-bond donors (Lipinski definition) is 3. The Balaban J connectivity index is 3.45. The van der Waals surface area contributed by atoms with E-state index in [2.05, 4.69) is 31.3 Å². The molecule has 0 rings (SSSR count). The van der Waals surface area contributed by atoms with Crippen LogP contribution in [0.4, 0.5) is 0 Å². The molecule has 0 aliphatic carbocycles. The smallest absolute Gasteiger partial charge is 0.305 e. The molecule has 2 atom stereocenters. The standard InChI is InChI=1S/C60H117NO5/c1-3-5-7-9-11-13-15-17-19-21-22-24-28-32-36-40-44-48-52-58(63)57(56-62)61-59(64)53-49-45-41-37-33-29-25-23-27-31-35-39-43-47-51-55-66-60(65)54-50-46-42-38-34-30-26-20-18-16-14-12-10-8-6-4-2/h27,31,57-58,62-63H,3-26,28-30,32-56H2,1-2H3,(H,61,64)/b31-27-. The minimum Gasteiger partial charge on any atom is -0.466 e. The number of ether oxygens (including phenoxy) is 1. The van der Waals surface area contributed by atoms with Crippen LogP contribution in [0.15, 0.2) is 12.2 Å². The first-order valence-electron chi connectivity index (χ1n) is 29.9. The number of hydrogen-bond acceptors (Lipinski definition) is 5. The Bertz CT molecular complexity index is 986. The maximum Gasteiger partial charge on any atom is 0.305 e. The lowest BCUT2D eigenvalue weighted by atomic mass is 10.0. The summed E-state index contributed by atoms with van der Waals surface area (Å²) >= 11 is 0. The molecule has 0 spiro atoms. The van der Waals surface area contributed by atoms with Gasteiger partial charge in [-0.3, -0.25) is 9.59 Å². The van der Waals surface area contributed by atoms with E-state index in [0.29, 0.717) is 25.9 Å². The van der Waals surface area contributed by atoms with E-state index >= 15 is 0 Å². The summed E-state index contributed by atoms with van der Waals surface area (Å²) in [6, 6.07) is -0.552. The van der Waals surface area contributed by atoms with Gasteiger partial charge in [-0.15, -0.1) is 0 Å². The van der Waals surface area contributed by atoms with Crippen LogP contribution in [0.3, 0.4) is 0 Å². The van der Waals surface area contributed by atoms with Crippen LogP contribution in [-0.4, -0.2) is 47.4 Å². The van der Waals surface area contributed by atoms with Gasteiger partial charge in [0.25, 0.3) is 0 Å². The van der Waals surface area contributed by atoms with Crippen LogP contribution in [-0.2, 0) is 14.3 Å². The highest BCUT2D eigenvalue weighted by Crippen LogP contribution is 2.18. The number of esters is 1. The van der Waals surface area contributed by atoms with Crippen molar-refractivity contribution in [3.8, 4) is 0 Å². The van der Waals surface area contributed by atoms with E-state index in [0.717, 1.165) is 70.6 Å². The van der Waals surface area contributed by atoms with Crippen molar-refractivity contribution in [3.63, 3.8) is 0 Å². The van der Waals surface area contributed by atoms with Crippen molar-refractivity contribution < 1.29 is 24.5 Å². The lowest BCUT2D eigenvalue weighted by Crippen LogP contribution is -2.45. The number of aliphatic hydroxyl groups excluding tert-OH is 2. The second-order valence-electron chi connectivity index (χ2n) is 20.7. The number of allylic oxidation sites excluding steroid dienone is 2. The summed E-state index contributed by atoms with van der Waals surface area (Å²) in [5.74, 6) is -0.0527. The number of rotatable bonds is 56. The minimum atomic E-state index is -0.674. The number of carbonyl (C=O) groups excluding carboxylic acids is 2. The fourth-order valence-corrected chi connectivity index (χ4v) is 9.46. The summed E-state index contributed by atoms with van der Waals surface area (Å²) in [7, 11) is 0. The molecule has 6 nitrogen and oxygen atoms in total. The summed E-state index contributed by atoms with van der Waals surface area (Å²) < 4.78 is 5.47. The highest BCUT2D eigenvalue weighted by atomic mass is 16.5. The van der Waals surface area contributed by atoms with Crippen molar-refractivity contribution in [1.29, 1.82) is 0 Å². The highest BCUT2D eigenvalue weighted by molar-refractivity contribution is 5.76. The molecule has 0 fully saturated rings. The molecule has 0 bridgehead atoms. The van der Waals surface area contributed by atoms with Gasteiger partial charge in [-0.2, -0.15) is 0 Å². The Hall–Kier alpha value is -1.40. The molecule has 0 saturated heterocycles. The summed E-state index contributed by atoms with van der Waals surface area (Å²) in [6.45, 7) is 4.95. The van der Waals surface area contributed by atoms with Gasteiger partial charge in [0.05, 0.1) is 25.4 Å². The Morgan fingerprint density at radius 1 is 0.409 bits per heavy atom. The second-order valence-corrected chi connectivity index (χ2v) is 20.7. The molecule has 1 amide bonds. The van der Waals surface area contributed by atoms with Crippen molar-refractivity contribution in [2.24, 2.45) is 0 Å². The van der Waals surface area contributed by atoms with E-state index in [1.807, 2.05) is 0 Å². The molecule has 392 valence electrons. The van der Waals surface area contributed by atoms with E-state index < -0.39 is 12.1 Å². The molecule has 3 N–H and O–H groups in total. The third kappa shape index (κ3) is 52.0. The fourth-order valence-electron chi connectivity index (χ4n) is 9.46. The molecule has 0 aromatic carbocycles. The van der Waals surface area contributed by atoms with Gasteiger partial charge in [-0.05, 0) is 51.4 Å². The topological polar surface area (TPSA) is 95.9 Å². The molecule has 66 heavy (non-hydrogen) atoms. The minimum absolute atomic E-state index is 0.00574. The van der Waals surface area contributed by atoms with Crippen LogP contribution in [0, 0.1) is 0 Å². The number of aliphatic hydroxyl groups is 2. The molecule has 0 aliphatic heterocycles. The number of carbonyl (C=O) groups is 2. The van der Waals surface area contributed by atoms with E-state index in [9.17, 15) is 19.8 Å². The third-order valence-electron chi connectivity index (χ3n) is 14.1. The van der Waals surface area contributed by atoms with E-state index in [4.69, 9.17) is 4.74 Å². The largest absolute Gasteiger partial charge is 0.466 e. The Labute approximate surface area is 412 Å². The average molecular weight is 933 g/mol. The number of nitrogens with one attached hydrogen (secondary N) is 1. The van der Waals surface area contributed by atoms with Crippen LogP contribution < -0.4 is 5.32 Å². The second kappa shape index (κ2) is 56.2. The van der Waals surface area contributed by atoms with Gasteiger partial charge in [0.1, 0.15) is 0 Å². The zero-order valence-corrected chi connectivity index (χ0v) is 44.7. The van der Waals surface area contributed by atoms with E-state index in [1.54, 1.807) is 0 Å². The molecule has 0 saturated carbocycles. The van der Waals surface area contributed by atoms with Crippen LogP contribution >= 0.6 is 0 Å². The zero-order chi connectivity index (χ0) is 47.9. The van der Waals surface area contributed by atoms with Crippen molar-refractivity contribution in [2.75, 3.05) is 13.2 Å². The SMILES string of the molecule is CCCCCCCCCCCCCCCCCCCCC(O)C(CO)NC(=O)CCCCCCCCC/C=C\CCCCCCOC(=O)CCCCCCCCCCCCCCCCCC. The van der Waals surface area contributed by atoms with Crippen molar-refractivity contribution in [1.82, 2.24) is 5.32 Å². The molecule has 0 heterocycles. The monoisotopic (exact) mass is 932 g/mol. The first kappa shape index (κ1) is 64.6. The maximum absolute atomic E-state index is 12.5. The van der Waals surface area contributed by atoms with Gasteiger partial charge in [-0.1, -0.05) is 283 Å². The molecule has 6 heteroatoms. The van der Waals surface area contributed by atoms with Crippen LogP contribution in [0.25, 0.3) is 0 Å². The zero-order valence-electron chi connectivity index (χ0n) is 44.7. The molecule has 2 unspecified atom stereocenters. The van der Waals surface area contributed by atoms with Gasteiger partial charge in [-0.25, -0.2) is 0 Å². The van der Waals surface area contributed by atoms with Crippen molar-refractivity contribution in [2.45, 2.75) is 347 Å². The summed E-state index contributed by atoms with van der Waals surface area (Å²) in [5.41, 5.74) is 0. The van der Waals surface area contributed by atoms with Gasteiger partial charge in [0.15, 0.2) is 0 Å². The maximum atomic E-state index is 12.5. The summed E-state index contributed by atoms with van der Waals surface area (Å²) in [4.78, 5) is 24.6. The predicted octanol–water partition coefficient (Wildman–Crippen LogP) is 18.5. The Morgan fingerprint density at radius 3 is 1.08 bits per heavy atom. The van der Waals surface area contributed by atoms with E-state index in [1.165, 1.54) is 231 Å². The lowest BCUT2D eigenvalue weighted by Gasteiger charge is -2.22. The van der Waals surface area contributed by atoms with Gasteiger partial charge >= 0.3 is 5.97 Å². The van der Waals surface area contributed by atoms with Crippen LogP contribution in [0.5, 0.6) is 0 Å². The molecule has 0 aromatic rings. The number of amides is 1. The summed E-state index contributed by atoms with van der Waals surface area (Å²) in [5, 5.41) is 23.3. The fraction of sp³-hybridized carbons (Fsp3) is 0.933. The predicted molar refractivity (Wildman–Crippen MR) is 287 cm³/mol. The van der Waals surface area contributed by atoms with Gasteiger partial charge < -0.3 is 20.3 Å². The molecule has 0 aliphatic rings. The molecular weight excluding hydrogens is 815 g/mol. The Kier molecular flexibility index (Phi) is 55.0. The first-order chi connectivity index (χ1) is 32.5. The van der Waals surface area contributed by atoms with Gasteiger partial charge in [0.2, 0.25) is 5.91 Å². The first-order valence-corrected chi connectivity index (χ1v) is 29.9. The quantitative estimate of drug-likeness (QED) is 0.0321. The molecule has 0 radical (unpaired) electrons. The third-order valence-corrected chi connectivity index (χ3v) is 14.1. The Morgan fingerprint density at radius 2 is 0.712 bits per heavy atom. The van der Waals surface area contributed by atoms with Crippen molar-refractivity contribution in [3.05, 3.63) is 12.2 Å². The summed E-state index contributed by atoms with van der Waals surface area (Å²) in [6.07, 6.45) is 66.3.